The summed E-state index contributed by atoms with van der Waals surface area (Å²) in [7, 11) is -6.89. The van der Waals surface area contributed by atoms with E-state index in [1.54, 1.807) is 18.3 Å². The first-order valence-electron chi connectivity index (χ1n) is 12.8. The highest BCUT2D eigenvalue weighted by atomic mass is 32.2. The Morgan fingerprint density at radius 3 is 2.44 bits per heavy atom. The van der Waals surface area contributed by atoms with E-state index in [9.17, 15) is 21.6 Å². The number of sulfone groups is 1. The third-order valence-corrected chi connectivity index (χ3v) is 11.5. The Balaban J connectivity index is 1.26. The van der Waals surface area contributed by atoms with Crippen molar-refractivity contribution in [1.82, 2.24) is 9.88 Å². The maximum absolute atomic E-state index is 13.3. The summed E-state index contributed by atoms with van der Waals surface area (Å²) in [4.78, 5) is 26.4. The number of nitrogens with one attached hydrogen (secondary N) is 1. The second kappa shape index (κ2) is 11.6. The zero-order chi connectivity index (χ0) is 27.6. The second-order valence-electron chi connectivity index (χ2n) is 9.95. The summed E-state index contributed by atoms with van der Waals surface area (Å²) in [6.07, 6.45) is 4.35. The molecule has 1 amide bonds. The van der Waals surface area contributed by atoms with Crippen molar-refractivity contribution in [3.63, 3.8) is 0 Å². The van der Waals surface area contributed by atoms with Crippen LogP contribution in [0.1, 0.15) is 42.5 Å². The van der Waals surface area contributed by atoms with Gasteiger partial charge in [0.1, 0.15) is 0 Å². The van der Waals surface area contributed by atoms with E-state index in [0.717, 1.165) is 4.88 Å². The normalized spacial score (nSPS) is 21.7. The lowest BCUT2D eigenvalue weighted by molar-refractivity contribution is -0.110. The first-order chi connectivity index (χ1) is 18.6. The van der Waals surface area contributed by atoms with Gasteiger partial charge in [-0.1, -0.05) is 17.3 Å². The number of hydrogen-bond donors (Lipinski definition) is 2. The van der Waals surface area contributed by atoms with Crippen molar-refractivity contribution >= 4 is 47.9 Å². The fourth-order valence-electron chi connectivity index (χ4n) is 4.53. The molecule has 15 heteroatoms. The van der Waals surface area contributed by atoms with Gasteiger partial charge in [0.05, 0.1) is 28.6 Å². The molecule has 5 rings (SSSR count). The number of sulfonamides is 1. The minimum Gasteiger partial charge on any atom is -0.389 e. The van der Waals surface area contributed by atoms with Gasteiger partial charge in [0.25, 0.3) is 5.91 Å². The zero-order valence-electron chi connectivity index (χ0n) is 21.2. The number of nitrogens with two attached hydrogens (primary N) is 1. The summed E-state index contributed by atoms with van der Waals surface area (Å²) >= 11 is 1.31. The van der Waals surface area contributed by atoms with Crippen LogP contribution in [-0.2, 0) is 40.8 Å². The van der Waals surface area contributed by atoms with Crippen LogP contribution in [0.15, 0.2) is 40.5 Å². The van der Waals surface area contributed by atoms with Crippen molar-refractivity contribution < 1.29 is 31.2 Å². The van der Waals surface area contributed by atoms with Gasteiger partial charge < -0.3 is 9.57 Å². The summed E-state index contributed by atoms with van der Waals surface area (Å²) < 4.78 is 53.6. The van der Waals surface area contributed by atoms with Crippen LogP contribution >= 0.6 is 11.3 Å². The number of oxime groups is 1. The molecule has 1 saturated carbocycles. The molecule has 2 saturated heterocycles. The summed E-state index contributed by atoms with van der Waals surface area (Å²) in [5.41, 5.74) is 0.412. The van der Waals surface area contributed by atoms with E-state index in [2.05, 4.69) is 20.4 Å². The highest BCUT2D eigenvalue weighted by molar-refractivity contribution is 7.92. The molecule has 0 unspecified atom stereocenters. The van der Waals surface area contributed by atoms with Crippen LogP contribution in [-0.4, -0.2) is 81.2 Å². The van der Waals surface area contributed by atoms with Gasteiger partial charge in [0.2, 0.25) is 10.0 Å². The quantitative estimate of drug-likeness (QED) is 0.304. The number of hydrogen-bond acceptors (Lipinski definition) is 11. The molecular weight excluding hydrogens is 566 g/mol. The molecule has 2 aromatic rings. The Kier molecular flexibility index (Phi) is 8.35. The lowest BCUT2D eigenvalue weighted by Crippen LogP contribution is -2.41. The third kappa shape index (κ3) is 7.02. The van der Waals surface area contributed by atoms with Crippen molar-refractivity contribution in [2.75, 3.05) is 31.6 Å². The largest absolute Gasteiger partial charge is 0.389 e. The van der Waals surface area contributed by atoms with Crippen LogP contribution in [0.4, 0.5) is 5.13 Å². The fourth-order valence-corrected chi connectivity index (χ4v) is 7.91. The maximum Gasteiger partial charge on any atom is 0.280 e. The highest BCUT2D eigenvalue weighted by Crippen LogP contribution is 2.33. The van der Waals surface area contributed by atoms with Gasteiger partial charge in [-0.15, -0.1) is 11.3 Å². The Morgan fingerprint density at radius 1 is 1.10 bits per heavy atom. The maximum atomic E-state index is 13.3. The number of thiazole rings is 1. The van der Waals surface area contributed by atoms with E-state index in [1.807, 2.05) is 0 Å². The molecule has 3 N–H and O–H groups in total. The van der Waals surface area contributed by atoms with Crippen LogP contribution in [0.25, 0.3) is 0 Å². The number of anilines is 1. The predicted octanol–water partition coefficient (Wildman–Crippen LogP) is 1.48. The van der Waals surface area contributed by atoms with Crippen LogP contribution < -0.4 is 10.5 Å². The Labute approximate surface area is 231 Å². The summed E-state index contributed by atoms with van der Waals surface area (Å²) in [6, 6.07) is 6.09. The third-order valence-electron chi connectivity index (χ3n) is 6.97. The van der Waals surface area contributed by atoms with E-state index >= 15 is 0 Å². The van der Waals surface area contributed by atoms with Crippen LogP contribution in [0.3, 0.4) is 0 Å². The van der Waals surface area contributed by atoms with Crippen molar-refractivity contribution in [3.05, 3.63) is 40.9 Å². The van der Waals surface area contributed by atoms with Crippen LogP contribution in [0, 0.1) is 0 Å². The topological polar surface area (TPSA) is 170 Å². The SMILES string of the molecule is NS(=O)(=O)C1CCN(Cc2cnc(NC(=O)/C(=N/O[C@@H]3CCOC3)c3ccc(S(=O)(=O)C4CC4)cc3)s2)CC1. The molecular formula is C24H31N5O7S3. The summed E-state index contributed by atoms with van der Waals surface area (Å²) in [6.45, 7) is 2.71. The standard InChI is InChI=1S/C24H31N5O7S3/c25-39(33,34)21-7-10-29(11-8-21)14-18-13-26-24(37-18)27-23(30)22(28-36-17-9-12-35-15-17)16-1-3-19(4-2-16)38(31,32)20-5-6-20/h1-4,13,17,20-21H,5-12,14-15H2,(H2,25,33,34)(H,26,27,30)/b28-22+/t17-/m1/s1. The molecule has 3 heterocycles. The monoisotopic (exact) mass is 597 g/mol. The molecule has 0 radical (unpaired) electrons. The number of carbonyl (C=O) groups excluding carboxylic acids is 1. The van der Waals surface area contributed by atoms with Crippen molar-refractivity contribution in [2.45, 2.75) is 60.1 Å². The molecule has 3 aliphatic rings. The van der Waals surface area contributed by atoms with Gasteiger partial charge in [-0.3, -0.25) is 15.0 Å². The van der Waals surface area contributed by atoms with Crippen molar-refractivity contribution in [3.8, 4) is 0 Å². The van der Waals surface area contributed by atoms with Crippen LogP contribution in [0.2, 0.25) is 0 Å². The van der Waals surface area contributed by atoms with Gasteiger partial charge in [0.15, 0.2) is 26.8 Å². The first-order valence-corrected chi connectivity index (χ1v) is 16.7. The number of primary sulfonamides is 1. The molecule has 39 heavy (non-hydrogen) atoms. The molecule has 2 aliphatic heterocycles. The second-order valence-corrected chi connectivity index (χ2v) is 15.1. The molecule has 12 nitrogen and oxygen atoms in total. The highest BCUT2D eigenvalue weighted by Gasteiger charge is 2.37. The number of aromatic nitrogens is 1. The minimum atomic E-state index is -3.53. The number of piperidine rings is 1. The van der Waals surface area contributed by atoms with Gasteiger partial charge in [-0.2, -0.15) is 0 Å². The van der Waals surface area contributed by atoms with E-state index in [-0.39, 0.29) is 22.0 Å². The number of benzene rings is 1. The molecule has 1 aromatic carbocycles. The lowest BCUT2D eigenvalue weighted by Gasteiger charge is -2.30. The first kappa shape index (κ1) is 28.1. The predicted molar refractivity (Wildman–Crippen MR) is 146 cm³/mol. The molecule has 0 spiro atoms. The Morgan fingerprint density at radius 2 is 1.82 bits per heavy atom. The van der Waals surface area contributed by atoms with E-state index in [4.69, 9.17) is 14.7 Å². The van der Waals surface area contributed by atoms with Crippen LogP contribution in [0.5, 0.6) is 0 Å². The number of likely N-dealkylation sites (tertiary alicyclic amines) is 1. The lowest BCUT2D eigenvalue weighted by atomic mass is 10.1. The molecule has 1 aliphatic carbocycles. The van der Waals surface area contributed by atoms with Gasteiger partial charge in [-0.25, -0.2) is 27.0 Å². The van der Waals surface area contributed by atoms with E-state index in [1.165, 1.54) is 23.5 Å². The average Bonchev–Trinajstić information content (AvgIpc) is 3.49. The Bertz CT molecular complexity index is 1420. The van der Waals surface area contributed by atoms with E-state index < -0.39 is 31.0 Å². The molecule has 212 valence electrons. The smallest absolute Gasteiger partial charge is 0.280 e. The van der Waals surface area contributed by atoms with Gasteiger partial charge in [0, 0.05) is 29.6 Å². The number of rotatable bonds is 10. The average molecular weight is 598 g/mol. The van der Waals surface area contributed by atoms with E-state index in [0.29, 0.717) is 75.6 Å². The van der Waals surface area contributed by atoms with Gasteiger partial charge in [-0.05, 0) is 50.9 Å². The molecule has 0 bridgehead atoms. The molecule has 3 fully saturated rings. The summed E-state index contributed by atoms with van der Waals surface area (Å²) in [5.74, 6) is -0.540. The number of nitrogens with zero attached hydrogens (tertiary/aromatic N) is 3. The Hall–Kier alpha value is -2.43. The number of amides is 1. The molecule has 1 aromatic heterocycles. The fraction of sp³-hybridized carbons (Fsp3) is 0.542. The molecule has 1 atom stereocenters. The zero-order valence-corrected chi connectivity index (χ0v) is 23.6. The van der Waals surface area contributed by atoms with Gasteiger partial charge >= 0.3 is 0 Å². The summed E-state index contributed by atoms with van der Waals surface area (Å²) in [5, 5.41) is 11.7. The minimum absolute atomic E-state index is 0.000846. The number of carbonyl (C=O) groups is 1. The van der Waals surface area contributed by atoms with Crippen molar-refractivity contribution in [1.29, 1.82) is 0 Å². The number of ether oxygens (including phenoxy) is 1. The van der Waals surface area contributed by atoms with Crippen molar-refractivity contribution in [2.24, 2.45) is 10.3 Å².